The van der Waals surface area contributed by atoms with Crippen molar-refractivity contribution in [1.29, 1.82) is 0 Å². The van der Waals surface area contributed by atoms with Crippen molar-refractivity contribution >= 4 is 29.0 Å². The molecule has 53 heavy (non-hydrogen) atoms. The third kappa shape index (κ3) is 6.59. The van der Waals surface area contributed by atoms with Crippen LogP contribution in [0.1, 0.15) is 89.8 Å². The number of amides is 1. The lowest BCUT2D eigenvalue weighted by molar-refractivity contribution is -0.140. The summed E-state index contributed by atoms with van der Waals surface area (Å²) in [6.45, 7) is 10.1. The van der Waals surface area contributed by atoms with E-state index in [2.05, 4.69) is 28.4 Å². The zero-order valence-electron chi connectivity index (χ0n) is 30.0. The number of hydrogen-bond acceptors (Lipinski definition) is 9. The number of benzene rings is 1. The van der Waals surface area contributed by atoms with Gasteiger partial charge in [0.15, 0.2) is 11.5 Å². The molecule has 4 aliphatic rings. The largest absolute Gasteiger partial charge is 0.461 e. The normalized spacial score (nSPS) is 22.8. The van der Waals surface area contributed by atoms with Crippen LogP contribution in [0.25, 0.3) is 0 Å². The van der Waals surface area contributed by atoms with Crippen LogP contribution < -0.4 is 15.4 Å². The second kappa shape index (κ2) is 13.8. The molecule has 16 heteroatoms. The van der Waals surface area contributed by atoms with Crippen molar-refractivity contribution in [1.82, 2.24) is 29.5 Å². The first-order valence-electron chi connectivity index (χ1n) is 17.5. The predicted octanol–water partition coefficient (Wildman–Crippen LogP) is 5.93. The van der Waals surface area contributed by atoms with Gasteiger partial charge in [-0.25, -0.2) is 4.39 Å². The molecule has 0 radical (unpaired) electrons. The number of carbonyl (C=O) groups is 1. The van der Waals surface area contributed by atoms with Gasteiger partial charge in [0.2, 0.25) is 0 Å². The van der Waals surface area contributed by atoms with E-state index < -0.39 is 40.5 Å². The minimum atomic E-state index is -4.95. The number of nitrogens with two attached hydrogens (primary N) is 1. The van der Waals surface area contributed by atoms with Crippen molar-refractivity contribution in [3.63, 3.8) is 0 Å². The molecule has 6 heterocycles. The topological polar surface area (TPSA) is 115 Å². The SMILES string of the molecule is C=C1CN2CCC[C@]2(COc2nc3c(c(N4Cc5c(Cl)c(C(=O)N(C)C)nn5CC[C@H]4C)n2)CO[C@@H](c2c(F)c(N)cc(C#CC)c2C(F)(F)F)C3)C1. The number of carbonyl (C=O) groups excluding carboxylic acids is 1. The van der Waals surface area contributed by atoms with Gasteiger partial charge < -0.3 is 25.0 Å². The zero-order valence-corrected chi connectivity index (χ0v) is 30.8. The molecule has 11 nitrogen and oxygen atoms in total. The molecule has 1 aromatic carbocycles. The third-order valence-corrected chi connectivity index (χ3v) is 11.1. The summed E-state index contributed by atoms with van der Waals surface area (Å²) in [4.78, 5) is 28.4. The molecule has 7 rings (SSSR count). The summed E-state index contributed by atoms with van der Waals surface area (Å²) in [5.74, 6) is 3.80. The van der Waals surface area contributed by atoms with Gasteiger partial charge >= 0.3 is 12.2 Å². The smallest absolute Gasteiger partial charge is 0.418 e. The van der Waals surface area contributed by atoms with E-state index in [0.717, 1.165) is 44.0 Å². The average molecular weight is 757 g/mol. The van der Waals surface area contributed by atoms with Gasteiger partial charge in [0.1, 0.15) is 12.4 Å². The molecule has 0 bridgehead atoms. The fraction of sp³-hybridized carbons (Fsp3) is 0.514. The van der Waals surface area contributed by atoms with E-state index in [0.29, 0.717) is 35.7 Å². The highest BCUT2D eigenvalue weighted by Gasteiger charge is 2.47. The molecular formula is C37H41ClF4N8O3. The first-order chi connectivity index (χ1) is 25.1. The second-order valence-corrected chi connectivity index (χ2v) is 14.9. The Morgan fingerprint density at radius 3 is 2.75 bits per heavy atom. The van der Waals surface area contributed by atoms with Crippen LogP contribution in [-0.2, 0) is 37.0 Å². The van der Waals surface area contributed by atoms with Crippen molar-refractivity contribution in [3.8, 4) is 17.9 Å². The Bertz CT molecular complexity index is 2060. The second-order valence-electron chi connectivity index (χ2n) is 14.5. The van der Waals surface area contributed by atoms with E-state index in [1.54, 1.807) is 18.8 Å². The molecule has 0 saturated carbocycles. The maximum Gasteiger partial charge on any atom is 0.418 e. The Hall–Kier alpha value is -4.39. The van der Waals surface area contributed by atoms with Crippen molar-refractivity contribution < 1.29 is 31.8 Å². The molecule has 0 aliphatic carbocycles. The van der Waals surface area contributed by atoms with E-state index in [9.17, 15) is 18.0 Å². The number of nitrogen functional groups attached to an aromatic ring is 1. The fourth-order valence-corrected chi connectivity index (χ4v) is 8.41. The Morgan fingerprint density at radius 2 is 2.04 bits per heavy atom. The number of anilines is 2. The van der Waals surface area contributed by atoms with Crippen LogP contribution in [0.4, 0.5) is 29.1 Å². The van der Waals surface area contributed by atoms with Crippen LogP contribution in [0.15, 0.2) is 18.2 Å². The molecule has 0 unspecified atom stereocenters. The first kappa shape index (κ1) is 36.9. The van der Waals surface area contributed by atoms with Gasteiger partial charge in [0, 0.05) is 56.3 Å². The van der Waals surface area contributed by atoms with Gasteiger partial charge in [-0.3, -0.25) is 14.4 Å². The van der Waals surface area contributed by atoms with Gasteiger partial charge in [-0.05, 0) is 52.1 Å². The van der Waals surface area contributed by atoms with Crippen molar-refractivity contribution in [2.24, 2.45) is 0 Å². The van der Waals surface area contributed by atoms with Gasteiger partial charge in [0.05, 0.1) is 52.5 Å². The minimum absolute atomic E-state index is 0.0410. The molecule has 4 aliphatic heterocycles. The monoisotopic (exact) mass is 756 g/mol. The van der Waals surface area contributed by atoms with Gasteiger partial charge in [0.25, 0.3) is 5.91 Å². The van der Waals surface area contributed by atoms with E-state index in [4.69, 9.17) is 36.8 Å². The molecule has 2 fully saturated rings. The van der Waals surface area contributed by atoms with Crippen LogP contribution >= 0.6 is 11.6 Å². The number of alkyl halides is 3. The lowest BCUT2D eigenvalue weighted by Gasteiger charge is -2.35. The summed E-state index contributed by atoms with van der Waals surface area (Å²) in [5, 5.41) is 4.77. The first-order valence-corrected chi connectivity index (χ1v) is 17.9. The highest BCUT2D eigenvalue weighted by molar-refractivity contribution is 6.34. The molecule has 2 aromatic heterocycles. The molecule has 1 amide bonds. The highest BCUT2D eigenvalue weighted by Crippen LogP contribution is 2.46. The summed E-state index contributed by atoms with van der Waals surface area (Å²) in [7, 11) is 3.24. The third-order valence-electron chi connectivity index (χ3n) is 10.7. The number of halogens is 5. The van der Waals surface area contributed by atoms with E-state index in [-0.39, 0.29) is 60.4 Å². The number of aromatic nitrogens is 4. The zero-order chi connectivity index (χ0) is 38.0. The molecule has 282 valence electrons. The summed E-state index contributed by atoms with van der Waals surface area (Å²) < 4.78 is 74.0. The highest BCUT2D eigenvalue weighted by atomic mass is 35.5. The number of nitrogens with zero attached hydrogens (tertiary/aromatic N) is 7. The van der Waals surface area contributed by atoms with Crippen LogP contribution in [0, 0.1) is 17.7 Å². The summed E-state index contributed by atoms with van der Waals surface area (Å²) in [6, 6.07) is 0.809. The number of hydrogen-bond donors (Lipinski definition) is 1. The predicted molar refractivity (Wildman–Crippen MR) is 190 cm³/mol. The number of rotatable bonds is 6. The number of fused-ring (bicyclic) bond motifs is 3. The molecule has 3 aromatic rings. The Labute approximate surface area is 310 Å². The lowest BCUT2D eigenvalue weighted by Crippen LogP contribution is -2.43. The Kier molecular flexibility index (Phi) is 9.61. The van der Waals surface area contributed by atoms with Crippen LogP contribution in [0.5, 0.6) is 6.01 Å². The van der Waals surface area contributed by atoms with E-state index in [1.165, 1.54) is 11.8 Å². The van der Waals surface area contributed by atoms with Crippen molar-refractivity contribution in [2.45, 2.75) is 89.5 Å². The molecular weight excluding hydrogens is 716 g/mol. The molecule has 2 saturated heterocycles. The van der Waals surface area contributed by atoms with Crippen LogP contribution in [0.3, 0.4) is 0 Å². The minimum Gasteiger partial charge on any atom is -0.461 e. The maximum atomic E-state index is 15.8. The van der Waals surface area contributed by atoms with Crippen molar-refractivity contribution in [3.05, 3.63) is 68.4 Å². The lowest BCUT2D eigenvalue weighted by atomic mass is 9.90. The van der Waals surface area contributed by atoms with Gasteiger partial charge in [-0.1, -0.05) is 29.7 Å². The van der Waals surface area contributed by atoms with Crippen molar-refractivity contribution in [2.75, 3.05) is 44.4 Å². The van der Waals surface area contributed by atoms with E-state index >= 15 is 4.39 Å². The summed E-state index contributed by atoms with van der Waals surface area (Å²) >= 11 is 6.82. The van der Waals surface area contributed by atoms with Crippen LogP contribution in [-0.4, -0.2) is 80.8 Å². The Balaban J connectivity index is 1.32. The average Bonchev–Trinajstić information content (AvgIpc) is 3.69. The molecule has 2 N–H and O–H groups in total. The Morgan fingerprint density at radius 1 is 1.26 bits per heavy atom. The van der Waals surface area contributed by atoms with Crippen LogP contribution in [0.2, 0.25) is 5.02 Å². The number of aryl methyl sites for hydroxylation is 1. The standard InChI is InChI=1S/C37H41ClF4N8O3/c1-6-8-22-13-24(43)31(39)28(29(22)37(40,41)42)27-14-25-23(18-52-27)33(45-35(44-25)53-19-36-10-7-11-48(36)16-20(2)15-36)49-17-26-30(38)32(34(51)47(4)5)46-50(26)12-9-21(49)3/h13,21,27H,2,7,9-12,14-19,43H2,1,3-5H3/t21-,27-,36-/m1/s1. The quantitative estimate of drug-likeness (QED) is 0.142. The summed E-state index contributed by atoms with van der Waals surface area (Å²) in [5.41, 5.74) is 5.55. The number of ether oxygens (including phenoxy) is 2. The van der Waals surface area contributed by atoms with Gasteiger partial charge in [-0.15, -0.1) is 5.92 Å². The summed E-state index contributed by atoms with van der Waals surface area (Å²) in [6.07, 6.45) is -3.26. The molecule has 0 spiro atoms. The maximum absolute atomic E-state index is 15.8. The molecule has 3 atom stereocenters. The van der Waals surface area contributed by atoms with Gasteiger partial charge in [-0.2, -0.15) is 28.2 Å². The fourth-order valence-electron chi connectivity index (χ4n) is 8.13. The van der Waals surface area contributed by atoms with E-state index in [1.807, 2.05) is 11.8 Å².